The van der Waals surface area contributed by atoms with E-state index in [9.17, 15) is 4.79 Å². The fourth-order valence-electron chi connectivity index (χ4n) is 4.47. The Bertz CT molecular complexity index is 1180. The molecule has 1 saturated heterocycles. The van der Waals surface area contributed by atoms with E-state index >= 15 is 0 Å². The number of ether oxygens (including phenoxy) is 1. The Morgan fingerprint density at radius 2 is 1.82 bits per heavy atom. The van der Waals surface area contributed by atoms with Gasteiger partial charge in [0.15, 0.2) is 11.9 Å². The van der Waals surface area contributed by atoms with Crippen LogP contribution in [0.5, 0.6) is 5.75 Å². The Hall–Kier alpha value is -3.88. The maximum absolute atomic E-state index is 13.2. The molecular weight excluding hydrogens is 430 g/mol. The summed E-state index contributed by atoms with van der Waals surface area (Å²) in [6.07, 6.45) is 2.68. The van der Waals surface area contributed by atoms with Crippen molar-refractivity contribution in [2.24, 2.45) is 0 Å². The first kappa shape index (κ1) is 21.9. The molecule has 0 saturated carbocycles. The number of carbonyl (C=O) groups excluding carboxylic acids is 1. The van der Waals surface area contributed by atoms with Gasteiger partial charge in [0.2, 0.25) is 11.9 Å². The largest absolute Gasteiger partial charge is 0.477 e. The number of carbonyl (C=O) groups is 1. The quantitative estimate of drug-likeness (QED) is 0.598. The molecule has 1 atom stereocenters. The van der Waals surface area contributed by atoms with Crippen LogP contribution in [0.3, 0.4) is 0 Å². The van der Waals surface area contributed by atoms with E-state index in [-0.39, 0.29) is 11.9 Å². The number of nitrogens with two attached hydrogens (primary N) is 1. The van der Waals surface area contributed by atoms with Crippen molar-refractivity contribution in [1.29, 1.82) is 0 Å². The SMILES string of the molecule is Cc1ccccc1Nc1nc(N)nc(CN2C[C@H](C(=O)N3CCCCC3)Oc3ccccc32)n1. The summed E-state index contributed by atoms with van der Waals surface area (Å²) in [6, 6.07) is 15.6. The highest BCUT2D eigenvalue weighted by Crippen LogP contribution is 2.34. The Morgan fingerprint density at radius 1 is 1.06 bits per heavy atom. The highest BCUT2D eigenvalue weighted by Gasteiger charge is 2.34. The van der Waals surface area contributed by atoms with Crippen molar-refractivity contribution in [1.82, 2.24) is 19.9 Å². The zero-order chi connectivity index (χ0) is 23.5. The molecule has 176 valence electrons. The first-order valence-corrected chi connectivity index (χ1v) is 11.7. The van der Waals surface area contributed by atoms with Gasteiger partial charge in [-0.2, -0.15) is 15.0 Å². The lowest BCUT2D eigenvalue weighted by molar-refractivity contribution is -0.139. The molecule has 3 aromatic rings. The average Bonchev–Trinajstić information content (AvgIpc) is 2.85. The van der Waals surface area contributed by atoms with Gasteiger partial charge in [0.05, 0.1) is 18.8 Å². The molecule has 9 nitrogen and oxygen atoms in total. The van der Waals surface area contributed by atoms with Crippen molar-refractivity contribution >= 4 is 29.2 Å². The molecule has 2 aliphatic rings. The van der Waals surface area contributed by atoms with Crippen LogP contribution in [0.25, 0.3) is 0 Å². The van der Waals surface area contributed by atoms with E-state index < -0.39 is 6.10 Å². The van der Waals surface area contributed by atoms with Crippen LogP contribution in [0.1, 0.15) is 30.7 Å². The van der Waals surface area contributed by atoms with Gasteiger partial charge in [-0.25, -0.2) is 0 Å². The molecule has 2 aromatic carbocycles. The van der Waals surface area contributed by atoms with Crippen LogP contribution in [-0.4, -0.2) is 51.5 Å². The summed E-state index contributed by atoms with van der Waals surface area (Å²) < 4.78 is 6.13. The number of likely N-dealkylation sites (tertiary alicyclic amines) is 1. The van der Waals surface area contributed by atoms with Gasteiger partial charge in [-0.05, 0) is 49.9 Å². The van der Waals surface area contributed by atoms with Gasteiger partial charge in [0, 0.05) is 18.8 Å². The van der Waals surface area contributed by atoms with Crippen LogP contribution in [-0.2, 0) is 11.3 Å². The molecule has 3 N–H and O–H groups in total. The van der Waals surface area contributed by atoms with E-state index in [0.717, 1.165) is 42.9 Å². The predicted molar refractivity (Wildman–Crippen MR) is 131 cm³/mol. The molecule has 1 fully saturated rings. The van der Waals surface area contributed by atoms with Gasteiger partial charge in [0.1, 0.15) is 5.75 Å². The normalized spacial score (nSPS) is 17.6. The fraction of sp³-hybridized carbons (Fsp3) is 0.360. The lowest BCUT2D eigenvalue weighted by atomic mass is 10.1. The number of nitrogen functional groups attached to an aromatic ring is 1. The van der Waals surface area contributed by atoms with Gasteiger partial charge < -0.3 is 25.6 Å². The Labute approximate surface area is 199 Å². The Kier molecular flexibility index (Phi) is 6.16. The number of fused-ring (bicyclic) bond motifs is 1. The van der Waals surface area contributed by atoms with Crippen molar-refractivity contribution < 1.29 is 9.53 Å². The molecule has 3 heterocycles. The molecule has 0 radical (unpaired) electrons. The third-order valence-corrected chi connectivity index (χ3v) is 6.23. The molecule has 0 unspecified atom stereocenters. The van der Waals surface area contributed by atoms with Gasteiger partial charge >= 0.3 is 0 Å². The topological polar surface area (TPSA) is 109 Å². The smallest absolute Gasteiger partial charge is 0.265 e. The summed E-state index contributed by atoms with van der Waals surface area (Å²) in [5.41, 5.74) is 8.90. The van der Waals surface area contributed by atoms with E-state index in [1.807, 2.05) is 60.4 Å². The summed E-state index contributed by atoms with van der Waals surface area (Å²) in [7, 11) is 0. The second-order valence-electron chi connectivity index (χ2n) is 8.71. The van der Waals surface area contributed by atoms with Crippen LogP contribution in [0.4, 0.5) is 23.3 Å². The number of aryl methyl sites for hydroxylation is 1. The average molecular weight is 460 g/mol. The van der Waals surface area contributed by atoms with Crippen molar-refractivity contribution in [2.75, 3.05) is 35.6 Å². The van der Waals surface area contributed by atoms with Crippen LogP contribution < -0.4 is 20.7 Å². The number of amides is 1. The minimum absolute atomic E-state index is 0.0382. The number of rotatable bonds is 5. The summed E-state index contributed by atoms with van der Waals surface area (Å²) in [6.45, 7) is 4.38. The second kappa shape index (κ2) is 9.54. The van der Waals surface area contributed by atoms with E-state index in [2.05, 4.69) is 25.2 Å². The van der Waals surface area contributed by atoms with Crippen molar-refractivity contribution in [3.05, 3.63) is 59.9 Å². The zero-order valence-electron chi connectivity index (χ0n) is 19.3. The number of nitrogens with one attached hydrogen (secondary N) is 1. The zero-order valence-corrected chi connectivity index (χ0v) is 19.3. The van der Waals surface area contributed by atoms with E-state index in [1.165, 1.54) is 6.42 Å². The number of nitrogens with zero attached hydrogens (tertiary/aromatic N) is 5. The number of aromatic nitrogens is 3. The Balaban J connectivity index is 1.38. The summed E-state index contributed by atoms with van der Waals surface area (Å²) in [5.74, 6) is 1.77. The molecule has 0 bridgehead atoms. The van der Waals surface area contributed by atoms with Crippen molar-refractivity contribution in [3.63, 3.8) is 0 Å². The highest BCUT2D eigenvalue weighted by atomic mass is 16.5. The Morgan fingerprint density at radius 3 is 2.65 bits per heavy atom. The number of benzene rings is 2. The first-order valence-electron chi connectivity index (χ1n) is 11.7. The van der Waals surface area contributed by atoms with Crippen LogP contribution in [0, 0.1) is 6.92 Å². The van der Waals surface area contributed by atoms with Crippen LogP contribution in [0.2, 0.25) is 0 Å². The van der Waals surface area contributed by atoms with Crippen LogP contribution >= 0.6 is 0 Å². The lowest BCUT2D eigenvalue weighted by Crippen LogP contribution is -2.51. The predicted octanol–water partition coefficient (Wildman–Crippen LogP) is 3.29. The second-order valence-corrected chi connectivity index (χ2v) is 8.71. The summed E-state index contributed by atoms with van der Waals surface area (Å²) in [5, 5.41) is 3.23. The fourth-order valence-corrected chi connectivity index (χ4v) is 4.47. The lowest BCUT2D eigenvalue weighted by Gasteiger charge is -2.38. The van der Waals surface area contributed by atoms with Gasteiger partial charge in [0.25, 0.3) is 5.91 Å². The number of para-hydroxylation sites is 3. The summed E-state index contributed by atoms with van der Waals surface area (Å²) in [4.78, 5) is 30.4. The number of piperidine rings is 1. The first-order chi connectivity index (χ1) is 16.6. The minimum atomic E-state index is -0.572. The standard InChI is InChI=1S/C25H29N7O2/c1-17-9-3-4-10-18(17)27-25-29-22(28-24(26)30-25)16-32-15-21(23(33)31-13-7-2-8-14-31)34-20-12-6-5-11-19(20)32/h3-6,9-12,21H,2,7-8,13-16H2,1H3,(H3,26,27,28,29,30)/t21-/m1/s1. The molecule has 34 heavy (non-hydrogen) atoms. The third kappa shape index (κ3) is 4.73. The molecule has 1 aromatic heterocycles. The third-order valence-electron chi connectivity index (χ3n) is 6.23. The van der Waals surface area contributed by atoms with Gasteiger partial charge in [-0.1, -0.05) is 30.3 Å². The van der Waals surface area contributed by atoms with Crippen molar-refractivity contribution in [2.45, 2.75) is 38.8 Å². The maximum Gasteiger partial charge on any atom is 0.265 e. The molecule has 0 spiro atoms. The molecule has 5 rings (SSSR count). The van der Waals surface area contributed by atoms with Crippen LogP contribution in [0.15, 0.2) is 48.5 Å². The number of anilines is 4. The van der Waals surface area contributed by atoms with Gasteiger partial charge in [-0.3, -0.25) is 4.79 Å². The number of hydrogen-bond acceptors (Lipinski definition) is 8. The van der Waals surface area contributed by atoms with E-state index in [4.69, 9.17) is 10.5 Å². The van der Waals surface area contributed by atoms with Crippen molar-refractivity contribution in [3.8, 4) is 5.75 Å². The number of hydrogen-bond donors (Lipinski definition) is 2. The molecule has 1 amide bonds. The van der Waals surface area contributed by atoms with E-state index in [1.54, 1.807) is 0 Å². The van der Waals surface area contributed by atoms with Gasteiger partial charge in [-0.15, -0.1) is 0 Å². The molecule has 0 aliphatic carbocycles. The van der Waals surface area contributed by atoms with E-state index in [0.29, 0.717) is 30.6 Å². The molecule has 2 aliphatic heterocycles. The molecular formula is C25H29N7O2. The highest BCUT2D eigenvalue weighted by molar-refractivity contribution is 5.83. The minimum Gasteiger partial charge on any atom is -0.477 e. The molecule has 9 heteroatoms. The monoisotopic (exact) mass is 459 g/mol. The maximum atomic E-state index is 13.2. The summed E-state index contributed by atoms with van der Waals surface area (Å²) >= 11 is 0.